The Bertz CT molecular complexity index is 633. The molecule has 0 aromatic heterocycles. The van der Waals surface area contributed by atoms with Crippen molar-refractivity contribution in [2.75, 3.05) is 13.3 Å². The number of rotatable bonds is 7. The molecule has 2 rings (SSSR count). The highest BCUT2D eigenvalue weighted by Crippen LogP contribution is 2.15. The molecule has 2 aromatic rings. The third-order valence-corrected chi connectivity index (χ3v) is 3.23. The van der Waals surface area contributed by atoms with Gasteiger partial charge >= 0.3 is 0 Å². The minimum absolute atomic E-state index is 0.0834. The molecular formula is C18H16ClFO2. The second kappa shape index (κ2) is 8.35. The third kappa shape index (κ3) is 5.01. The van der Waals surface area contributed by atoms with Crippen LogP contribution in [0, 0.1) is 0 Å². The molecule has 0 atom stereocenters. The molecule has 0 aliphatic heterocycles. The van der Waals surface area contributed by atoms with Crippen molar-refractivity contribution in [3.8, 4) is 5.75 Å². The first kappa shape index (κ1) is 16.2. The number of halogens is 2. The summed E-state index contributed by atoms with van der Waals surface area (Å²) in [5, 5.41) is 0.601. The van der Waals surface area contributed by atoms with E-state index in [1.165, 1.54) is 6.08 Å². The second-order valence-corrected chi connectivity index (χ2v) is 5.10. The summed E-state index contributed by atoms with van der Waals surface area (Å²) in [6.45, 7) is -0.0195. The average molecular weight is 319 g/mol. The lowest BCUT2D eigenvalue weighted by atomic mass is 10.1. The number of carbonyl (C=O) groups excluding carboxylic acids is 1. The van der Waals surface area contributed by atoms with Crippen LogP contribution in [0.5, 0.6) is 5.75 Å². The van der Waals surface area contributed by atoms with E-state index in [2.05, 4.69) is 0 Å². The number of ketones is 1. The molecule has 0 fully saturated rings. The Hall–Kier alpha value is -2.13. The zero-order valence-corrected chi connectivity index (χ0v) is 12.7. The summed E-state index contributed by atoms with van der Waals surface area (Å²) < 4.78 is 17.3. The largest absolute Gasteiger partial charge is 0.493 e. The summed E-state index contributed by atoms with van der Waals surface area (Å²) in [6, 6.07) is 14.0. The molecule has 4 heteroatoms. The molecule has 0 spiro atoms. The molecule has 22 heavy (non-hydrogen) atoms. The number of hydrogen-bond acceptors (Lipinski definition) is 2. The molecule has 0 aliphatic rings. The van der Waals surface area contributed by atoms with Crippen LogP contribution < -0.4 is 4.74 Å². The zero-order valence-electron chi connectivity index (χ0n) is 12.0. The Balaban J connectivity index is 1.95. The van der Waals surface area contributed by atoms with Gasteiger partial charge in [-0.2, -0.15) is 0 Å². The van der Waals surface area contributed by atoms with Gasteiger partial charge in [0.1, 0.15) is 5.75 Å². The highest BCUT2D eigenvalue weighted by Gasteiger charge is 2.01. The fourth-order valence-corrected chi connectivity index (χ4v) is 1.93. The summed E-state index contributed by atoms with van der Waals surface area (Å²) in [6.07, 6.45) is 3.64. The Morgan fingerprint density at radius 1 is 1.09 bits per heavy atom. The van der Waals surface area contributed by atoms with E-state index in [1.54, 1.807) is 42.5 Å². The Morgan fingerprint density at radius 2 is 1.77 bits per heavy atom. The van der Waals surface area contributed by atoms with Crippen LogP contribution in [-0.4, -0.2) is 19.1 Å². The van der Waals surface area contributed by atoms with Crippen molar-refractivity contribution in [1.82, 2.24) is 0 Å². The lowest BCUT2D eigenvalue weighted by Crippen LogP contribution is -1.97. The summed E-state index contributed by atoms with van der Waals surface area (Å²) in [5.74, 6) is 0.606. The van der Waals surface area contributed by atoms with Gasteiger partial charge in [0.25, 0.3) is 0 Å². The number of hydrogen-bond donors (Lipinski definition) is 0. The molecule has 0 N–H and O–H groups in total. The minimum atomic E-state index is -0.381. The first-order chi connectivity index (χ1) is 10.7. The minimum Gasteiger partial charge on any atom is -0.493 e. The van der Waals surface area contributed by atoms with E-state index in [1.807, 2.05) is 12.1 Å². The van der Waals surface area contributed by atoms with Crippen molar-refractivity contribution in [2.24, 2.45) is 0 Å². The van der Waals surface area contributed by atoms with Crippen LogP contribution in [0.15, 0.2) is 54.6 Å². The molecule has 2 aromatic carbocycles. The van der Waals surface area contributed by atoms with Crippen LogP contribution in [0.1, 0.15) is 22.3 Å². The van der Waals surface area contributed by atoms with Gasteiger partial charge in [0.2, 0.25) is 0 Å². The Labute approximate surface area is 134 Å². The van der Waals surface area contributed by atoms with E-state index >= 15 is 0 Å². The van der Waals surface area contributed by atoms with Gasteiger partial charge in [-0.3, -0.25) is 9.18 Å². The predicted octanol–water partition coefficient (Wildman–Crippen LogP) is 4.97. The maximum absolute atomic E-state index is 12.0. The molecule has 0 radical (unpaired) electrons. The first-order valence-corrected chi connectivity index (χ1v) is 7.33. The topological polar surface area (TPSA) is 26.3 Å². The van der Waals surface area contributed by atoms with Gasteiger partial charge in [0.15, 0.2) is 5.78 Å². The first-order valence-electron chi connectivity index (χ1n) is 6.96. The average Bonchev–Trinajstić information content (AvgIpc) is 2.55. The quantitative estimate of drug-likeness (QED) is 0.409. The normalized spacial score (nSPS) is 10.8. The van der Waals surface area contributed by atoms with E-state index < -0.39 is 0 Å². The summed E-state index contributed by atoms with van der Waals surface area (Å²) in [5.41, 5.74) is 1.48. The van der Waals surface area contributed by atoms with Crippen molar-refractivity contribution >= 4 is 23.5 Å². The van der Waals surface area contributed by atoms with Gasteiger partial charge in [0, 0.05) is 17.0 Å². The number of carbonyl (C=O) groups is 1. The van der Waals surface area contributed by atoms with Crippen LogP contribution in [-0.2, 0) is 0 Å². The predicted molar refractivity (Wildman–Crippen MR) is 87.3 cm³/mol. The number of ether oxygens (including phenoxy) is 1. The van der Waals surface area contributed by atoms with Crippen LogP contribution in [0.25, 0.3) is 6.08 Å². The molecule has 0 bridgehead atoms. The lowest BCUT2D eigenvalue weighted by Gasteiger charge is -2.04. The second-order valence-electron chi connectivity index (χ2n) is 4.66. The van der Waals surface area contributed by atoms with Crippen molar-refractivity contribution in [1.29, 1.82) is 0 Å². The maximum atomic E-state index is 12.0. The molecule has 0 saturated carbocycles. The molecular weight excluding hydrogens is 303 g/mol. The summed E-state index contributed by atoms with van der Waals surface area (Å²) >= 11 is 5.79. The van der Waals surface area contributed by atoms with Crippen LogP contribution in [0.3, 0.4) is 0 Å². The fraction of sp³-hybridized carbons (Fsp3) is 0.167. The number of benzene rings is 2. The van der Waals surface area contributed by atoms with Crippen molar-refractivity contribution < 1.29 is 13.9 Å². The van der Waals surface area contributed by atoms with Crippen molar-refractivity contribution in [3.63, 3.8) is 0 Å². The van der Waals surface area contributed by atoms with Gasteiger partial charge < -0.3 is 4.74 Å². The molecule has 2 nitrogen and oxygen atoms in total. The number of allylic oxidation sites excluding steroid dienone is 1. The smallest absolute Gasteiger partial charge is 0.185 e. The SMILES string of the molecule is O=C(C=Cc1ccc(OCCCF)cc1)c1ccc(Cl)cc1. The Kier molecular flexibility index (Phi) is 6.16. The Morgan fingerprint density at radius 3 is 2.41 bits per heavy atom. The summed E-state index contributed by atoms with van der Waals surface area (Å²) in [7, 11) is 0. The standard InChI is InChI=1S/C18H16ClFO2/c19-16-7-5-15(6-8-16)18(21)11-4-14-2-9-17(10-3-14)22-13-1-12-20/h2-11H,1,12-13H2. The molecule has 0 amide bonds. The van der Waals surface area contributed by atoms with E-state index in [-0.39, 0.29) is 12.5 Å². The van der Waals surface area contributed by atoms with Crippen LogP contribution in [0.2, 0.25) is 5.02 Å². The lowest BCUT2D eigenvalue weighted by molar-refractivity contribution is 0.104. The van der Waals surface area contributed by atoms with Gasteiger partial charge in [0.05, 0.1) is 13.3 Å². The fourth-order valence-electron chi connectivity index (χ4n) is 1.80. The molecule has 114 valence electrons. The van der Waals surface area contributed by atoms with Crippen LogP contribution in [0.4, 0.5) is 4.39 Å². The van der Waals surface area contributed by atoms with E-state index in [4.69, 9.17) is 16.3 Å². The van der Waals surface area contributed by atoms with Gasteiger partial charge in [-0.15, -0.1) is 0 Å². The highest BCUT2D eigenvalue weighted by atomic mass is 35.5. The monoisotopic (exact) mass is 318 g/mol. The maximum Gasteiger partial charge on any atom is 0.185 e. The van der Waals surface area contributed by atoms with Gasteiger partial charge in [-0.1, -0.05) is 29.8 Å². The van der Waals surface area contributed by atoms with Crippen molar-refractivity contribution in [3.05, 3.63) is 70.8 Å². The molecule has 0 heterocycles. The van der Waals surface area contributed by atoms with E-state index in [0.717, 1.165) is 5.56 Å². The molecule has 0 saturated heterocycles. The van der Waals surface area contributed by atoms with Gasteiger partial charge in [-0.05, 0) is 48.0 Å². The molecule has 0 aliphatic carbocycles. The van der Waals surface area contributed by atoms with E-state index in [9.17, 15) is 9.18 Å². The number of alkyl halides is 1. The van der Waals surface area contributed by atoms with Crippen LogP contribution >= 0.6 is 11.6 Å². The van der Waals surface area contributed by atoms with E-state index in [0.29, 0.717) is 29.4 Å². The summed E-state index contributed by atoms with van der Waals surface area (Å²) in [4.78, 5) is 12.0. The van der Waals surface area contributed by atoms with Crippen molar-refractivity contribution in [2.45, 2.75) is 6.42 Å². The van der Waals surface area contributed by atoms with Gasteiger partial charge in [-0.25, -0.2) is 0 Å². The third-order valence-electron chi connectivity index (χ3n) is 2.98. The zero-order chi connectivity index (χ0) is 15.8. The highest BCUT2D eigenvalue weighted by molar-refractivity contribution is 6.30. The molecule has 0 unspecified atom stereocenters.